The van der Waals surface area contributed by atoms with Gasteiger partial charge in [0.2, 0.25) is 0 Å². The van der Waals surface area contributed by atoms with Crippen molar-refractivity contribution in [3.05, 3.63) is 12.2 Å². The average Bonchev–Trinajstić information content (AvgIpc) is 2.81. The minimum absolute atomic E-state index is 0.0311. The average molecular weight is 267 g/mol. The molecule has 19 heavy (non-hydrogen) atoms. The van der Waals surface area contributed by atoms with E-state index in [1.807, 2.05) is 4.68 Å². The van der Waals surface area contributed by atoms with Gasteiger partial charge in [0.15, 0.2) is 0 Å². The highest BCUT2D eigenvalue weighted by Gasteiger charge is 2.28. The summed E-state index contributed by atoms with van der Waals surface area (Å²) in [5, 5.41) is 4.33. The molecule has 1 unspecified atom stereocenters. The monoisotopic (exact) mass is 267 g/mol. The Balaban J connectivity index is 2.84. The maximum absolute atomic E-state index is 5.96. The van der Waals surface area contributed by atoms with Crippen LogP contribution in [0.15, 0.2) is 6.33 Å². The minimum Gasteiger partial charge on any atom is -0.329 e. The third-order valence-corrected chi connectivity index (χ3v) is 3.91. The number of aromatic nitrogens is 3. The zero-order chi connectivity index (χ0) is 14.5. The number of nitrogens with two attached hydrogens (primary N) is 1. The number of nitrogens with zero attached hydrogens (tertiary/aromatic N) is 4. The Morgan fingerprint density at radius 3 is 2.58 bits per heavy atom. The van der Waals surface area contributed by atoms with Crippen LogP contribution < -0.4 is 5.73 Å². The van der Waals surface area contributed by atoms with Crippen LogP contribution in [0.5, 0.6) is 0 Å². The number of hydrogen-bond donors (Lipinski definition) is 1. The quantitative estimate of drug-likeness (QED) is 0.781. The van der Waals surface area contributed by atoms with Gasteiger partial charge < -0.3 is 5.73 Å². The second-order valence-electron chi connectivity index (χ2n) is 5.82. The first kappa shape index (κ1) is 16.1. The van der Waals surface area contributed by atoms with Gasteiger partial charge in [-0.15, -0.1) is 0 Å². The van der Waals surface area contributed by atoms with Gasteiger partial charge in [0.05, 0.1) is 6.54 Å². The van der Waals surface area contributed by atoms with E-state index in [0.717, 1.165) is 31.9 Å². The largest absolute Gasteiger partial charge is 0.329 e. The molecular weight excluding hydrogens is 238 g/mol. The van der Waals surface area contributed by atoms with Crippen molar-refractivity contribution in [3.63, 3.8) is 0 Å². The fraction of sp³-hybridized carbons (Fsp3) is 0.857. The van der Waals surface area contributed by atoms with Crippen LogP contribution in [0.4, 0.5) is 0 Å². The fourth-order valence-corrected chi connectivity index (χ4v) is 2.26. The van der Waals surface area contributed by atoms with Crippen LogP contribution in [0.25, 0.3) is 0 Å². The molecule has 1 heterocycles. The zero-order valence-corrected chi connectivity index (χ0v) is 13.1. The smallest absolute Gasteiger partial charge is 0.141 e. The van der Waals surface area contributed by atoms with Crippen LogP contribution in [0, 0.1) is 5.92 Å². The Kier molecular flexibility index (Phi) is 5.94. The molecule has 5 heteroatoms. The molecule has 1 aromatic heterocycles. The molecule has 1 atom stereocenters. The molecule has 0 saturated carbocycles. The van der Waals surface area contributed by atoms with Crippen LogP contribution in [0.2, 0.25) is 0 Å². The highest BCUT2D eigenvalue weighted by atomic mass is 15.4. The van der Waals surface area contributed by atoms with Crippen molar-refractivity contribution in [1.29, 1.82) is 0 Å². The highest BCUT2D eigenvalue weighted by molar-refractivity contribution is 4.92. The highest BCUT2D eigenvalue weighted by Crippen LogP contribution is 2.20. The SMILES string of the molecule is CCN(Cc1ncnn1CC(C)C)C(C)(CC)CN. The van der Waals surface area contributed by atoms with Crippen molar-refractivity contribution < 1.29 is 0 Å². The van der Waals surface area contributed by atoms with Crippen LogP contribution in [-0.2, 0) is 13.1 Å². The van der Waals surface area contributed by atoms with Gasteiger partial charge >= 0.3 is 0 Å². The zero-order valence-electron chi connectivity index (χ0n) is 13.1. The molecular formula is C14H29N5. The van der Waals surface area contributed by atoms with E-state index in [0.29, 0.717) is 12.5 Å². The summed E-state index contributed by atoms with van der Waals surface area (Å²) in [6, 6.07) is 0. The molecule has 0 saturated heterocycles. The molecule has 110 valence electrons. The summed E-state index contributed by atoms with van der Waals surface area (Å²) in [5.74, 6) is 1.60. The van der Waals surface area contributed by atoms with Crippen molar-refractivity contribution in [1.82, 2.24) is 19.7 Å². The Bertz CT molecular complexity index is 368. The van der Waals surface area contributed by atoms with E-state index in [-0.39, 0.29) is 5.54 Å². The van der Waals surface area contributed by atoms with E-state index >= 15 is 0 Å². The molecule has 2 N–H and O–H groups in total. The van der Waals surface area contributed by atoms with Crippen LogP contribution in [-0.4, -0.2) is 38.3 Å². The first-order chi connectivity index (χ1) is 8.96. The summed E-state index contributed by atoms with van der Waals surface area (Å²) in [5.41, 5.74) is 5.99. The standard InChI is InChI=1S/C14H29N5/c1-6-14(5,10-15)18(7-2)9-13-16-11-17-19(13)8-12(3)4/h11-12H,6-10,15H2,1-5H3. The van der Waals surface area contributed by atoms with E-state index in [4.69, 9.17) is 5.73 Å². The first-order valence-corrected chi connectivity index (χ1v) is 7.28. The molecule has 0 amide bonds. The Morgan fingerprint density at radius 1 is 1.42 bits per heavy atom. The molecule has 0 aromatic carbocycles. The summed E-state index contributed by atoms with van der Waals surface area (Å²) in [6.45, 7) is 14.3. The molecule has 1 aromatic rings. The second-order valence-corrected chi connectivity index (χ2v) is 5.82. The Labute approximate surface area is 117 Å². The van der Waals surface area contributed by atoms with Crippen LogP contribution >= 0.6 is 0 Å². The third-order valence-electron chi connectivity index (χ3n) is 3.91. The summed E-state index contributed by atoms with van der Waals surface area (Å²) in [7, 11) is 0. The number of rotatable bonds is 8. The third kappa shape index (κ3) is 4.01. The summed E-state index contributed by atoms with van der Waals surface area (Å²) < 4.78 is 2.01. The Hall–Kier alpha value is -0.940. The summed E-state index contributed by atoms with van der Waals surface area (Å²) in [6.07, 6.45) is 2.69. The lowest BCUT2D eigenvalue weighted by molar-refractivity contribution is 0.0988. The van der Waals surface area contributed by atoms with Gasteiger partial charge in [0, 0.05) is 18.6 Å². The normalized spacial score (nSPS) is 15.2. The second kappa shape index (κ2) is 7.01. The summed E-state index contributed by atoms with van der Waals surface area (Å²) >= 11 is 0. The predicted molar refractivity (Wildman–Crippen MR) is 78.7 cm³/mol. The van der Waals surface area contributed by atoms with Crippen molar-refractivity contribution in [2.24, 2.45) is 11.7 Å². The lowest BCUT2D eigenvalue weighted by Gasteiger charge is -2.39. The van der Waals surface area contributed by atoms with E-state index in [9.17, 15) is 0 Å². The number of hydrogen-bond acceptors (Lipinski definition) is 4. The molecule has 0 aliphatic heterocycles. The van der Waals surface area contributed by atoms with Gasteiger partial charge in [-0.1, -0.05) is 27.7 Å². The minimum atomic E-state index is 0.0311. The van der Waals surface area contributed by atoms with Crippen LogP contribution in [0.1, 0.15) is 46.9 Å². The fourth-order valence-electron chi connectivity index (χ4n) is 2.26. The van der Waals surface area contributed by atoms with Gasteiger partial charge in [0.1, 0.15) is 12.2 Å². The van der Waals surface area contributed by atoms with E-state index < -0.39 is 0 Å². The van der Waals surface area contributed by atoms with Gasteiger partial charge in [-0.2, -0.15) is 5.10 Å². The summed E-state index contributed by atoms with van der Waals surface area (Å²) in [4.78, 5) is 6.81. The Morgan fingerprint density at radius 2 is 2.11 bits per heavy atom. The lowest BCUT2D eigenvalue weighted by Crippen LogP contribution is -2.51. The first-order valence-electron chi connectivity index (χ1n) is 7.28. The topological polar surface area (TPSA) is 60.0 Å². The van der Waals surface area contributed by atoms with Crippen LogP contribution in [0.3, 0.4) is 0 Å². The molecule has 0 aliphatic rings. The predicted octanol–water partition coefficient (Wildman–Crippen LogP) is 1.88. The molecule has 0 fully saturated rings. The maximum atomic E-state index is 5.96. The molecule has 5 nitrogen and oxygen atoms in total. The van der Waals surface area contributed by atoms with Crippen molar-refractivity contribution in [2.45, 2.75) is 59.7 Å². The molecule has 0 aliphatic carbocycles. The van der Waals surface area contributed by atoms with Crippen molar-refractivity contribution in [3.8, 4) is 0 Å². The van der Waals surface area contributed by atoms with E-state index in [1.165, 1.54) is 0 Å². The number of likely N-dealkylation sites (N-methyl/N-ethyl adjacent to an activating group) is 1. The molecule has 0 bridgehead atoms. The van der Waals surface area contributed by atoms with Gasteiger partial charge in [0.25, 0.3) is 0 Å². The molecule has 0 radical (unpaired) electrons. The van der Waals surface area contributed by atoms with Crippen molar-refractivity contribution in [2.75, 3.05) is 13.1 Å². The molecule has 1 rings (SSSR count). The van der Waals surface area contributed by atoms with Gasteiger partial charge in [-0.25, -0.2) is 9.67 Å². The van der Waals surface area contributed by atoms with Gasteiger partial charge in [-0.05, 0) is 25.8 Å². The van der Waals surface area contributed by atoms with E-state index in [2.05, 4.69) is 49.6 Å². The molecule has 0 spiro atoms. The van der Waals surface area contributed by atoms with Gasteiger partial charge in [-0.3, -0.25) is 4.90 Å². The van der Waals surface area contributed by atoms with Crippen molar-refractivity contribution >= 4 is 0 Å². The van der Waals surface area contributed by atoms with E-state index in [1.54, 1.807) is 6.33 Å². The maximum Gasteiger partial charge on any atom is 0.141 e. The lowest BCUT2D eigenvalue weighted by atomic mass is 9.96.